The van der Waals surface area contributed by atoms with Gasteiger partial charge in [0.25, 0.3) is 5.91 Å². The lowest BCUT2D eigenvalue weighted by Crippen LogP contribution is -2.53. The first-order chi connectivity index (χ1) is 14.5. The molecular formula is C20H25F2IN4O4. The van der Waals surface area contributed by atoms with E-state index in [1.54, 1.807) is 36.2 Å². The molecular weight excluding hydrogens is 525 g/mol. The number of nitrogens with one attached hydrogen (secondary N) is 1. The van der Waals surface area contributed by atoms with Crippen LogP contribution in [0.1, 0.15) is 16.1 Å². The van der Waals surface area contributed by atoms with Crippen molar-refractivity contribution in [3.05, 3.63) is 47.9 Å². The number of methoxy groups -OCH3 is 1. The van der Waals surface area contributed by atoms with Crippen LogP contribution in [-0.4, -0.2) is 68.6 Å². The molecule has 0 atom stereocenters. The van der Waals surface area contributed by atoms with E-state index < -0.39 is 6.61 Å². The van der Waals surface area contributed by atoms with Crippen LogP contribution in [0.2, 0.25) is 0 Å². The average Bonchev–Trinajstić information content (AvgIpc) is 3.29. The second-order valence-corrected chi connectivity index (χ2v) is 6.52. The van der Waals surface area contributed by atoms with Crippen molar-refractivity contribution in [2.24, 2.45) is 4.99 Å². The first-order valence-electron chi connectivity index (χ1n) is 9.42. The summed E-state index contributed by atoms with van der Waals surface area (Å²) in [5.41, 5.74) is 0.735. The lowest BCUT2D eigenvalue weighted by molar-refractivity contribution is -0.0512. The number of amides is 1. The zero-order valence-corrected chi connectivity index (χ0v) is 19.5. The van der Waals surface area contributed by atoms with Gasteiger partial charge in [-0.2, -0.15) is 8.78 Å². The van der Waals surface area contributed by atoms with Crippen molar-refractivity contribution in [2.45, 2.75) is 13.2 Å². The Kier molecular flexibility index (Phi) is 9.34. The van der Waals surface area contributed by atoms with Crippen LogP contribution in [0, 0.1) is 0 Å². The summed E-state index contributed by atoms with van der Waals surface area (Å²) in [5, 5.41) is 3.22. The quantitative estimate of drug-likeness (QED) is 0.339. The van der Waals surface area contributed by atoms with Crippen LogP contribution in [-0.2, 0) is 6.54 Å². The fourth-order valence-corrected chi connectivity index (χ4v) is 3.21. The van der Waals surface area contributed by atoms with Gasteiger partial charge in [0, 0.05) is 39.8 Å². The van der Waals surface area contributed by atoms with Gasteiger partial charge in [0.05, 0.1) is 13.4 Å². The van der Waals surface area contributed by atoms with Gasteiger partial charge >= 0.3 is 6.61 Å². The summed E-state index contributed by atoms with van der Waals surface area (Å²) in [6.07, 6.45) is 1.48. The molecule has 0 aliphatic carbocycles. The van der Waals surface area contributed by atoms with E-state index in [0.29, 0.717) is 44.4 Å². The number of aliphatic imine (C=N–C) groups is 1. The molecule has 1 fully saturated rings. The Balaban J connectivity index is 0.00000341. The van der Waals surface area contributed by atoms with Gasteiger partial charge in [-0.05, 0) is 29.8 Å². The molecule has 8 nitrogen and oxygen atoms in total. The fraction of sp³-hybridized carbons (Fsp3) is 0.400. The van der Waals surface area contributed by atoms with Crippen LogP contribution in [0.3, 0.4) is 0 Å². The number of nitrogens with zero attached hydrogens (tertiary/aromatic N) is 3. The Bertz CT molecular complexity index is 872. The number of rotatable bonds is 6. The van der Waals surface area contributed by atoms with Crippen molar-refractivity contribution in [3.63, 3.8) is 0 Å². The molecule has 1 N–H and O–H groups in total. The van der Waals surface area contributed by atoms with Crippen LogP contribution < -0.4 is 14.8 Å². The lowest BCUT2D eigenvalue weighted by atomic mass is 10.2. The molecule has 0 bridgehead atoms. The Morgan fingerprint density at radius 2 is 1.90 bits per heavy atom. The third-order valence-electron chi connectivity index (χ3n) is 4.70. The zero-order chi connectivity index (χ0) is 21.5. The van der Waals surface area contributed by atoms with Gasteiger partial charge in [0.2, 0.25) is 0 Å². The highest BCUT2D eigenvalue weighted by molar-refractivity contribution is 14.0. The fourth-order valence-electron chi connectivity index (χ4n) is 3.21. The van der Waals surface area contributed by atoms with Gasteiger partial charge in [0.1, 0.15) is 0 Å². The van der Waals surface area contributed by atoms with Gasteiger partial charge in [-0.15, -0.1) is 24.0 Å². The minimum Gasteiger partial charge on any atom is -0.493 e. The minimum absolute atomic E-state index is 0. The predicted molar refractivity (Wildman–Crippen MR) is 121 cm³/mol. The van der Waals surface area contributed by atoms with E-state index in [4.69, 9.17) is 9.15 Å². The number of halogens is 3. The maximum absolute atomic E-state index is 12.6. The molecule has 1 aromatic heterocycles. The van der Waals surface area contributed by atoms with Gasteiger partial charge in [-0.25, -0.2) is 0 Å². The maximum Gasteiger partial charge on any atom is 0.387 e. The van der Waals surface area contributed by atoms with E-state index in [2.05, 4.69) is 15.0 Å². The summed E-state index contributed by atoms with van der Waals surface area (Å²) < 4.78 is 40.0. The highest BCUT2D eigenvalue weighted by Crippen LogP contribution is 2.29. The maximum atomic E-state index is 12.6. The average molecular weight is 550 g/mol. The molecule has 1 amide bonds. The summed E-state index contributed by atoms with van der Waals surface area (Å²) in [5.74, 6) is 1.07. The van der Waals surface area contributed by atoms with Crippen molar-refractivity contribution < 1.29 is 27.5 Å². The number of furan rings is 1. The summed E-state index contributed by atoms with van der Waals surface area (Å²) in [6.45, 7) is -0.287. The van der Waals surface area contributed by atoms with Gasteiger partial charge in [-0.1, -0.05) is 6.07 Å². The molecule has 1 saturated heterocycles. The van der Waals surface area contributed by atoms with Crippen molar-refractivity contribution in [3.8, 4) is 11.5 Å². The highest BCUT2D eigenvalue weighted by atomic mass is 127. The monoisotopic (exact) mass is 550 g/mol. The molecule has 11 heteroatoms. The summed E-state index contributed by atoms with van der Waals surface area (Å²) >= 11 is 0. The zero-order valence-electron chi connectivity index (χ0n) is 17.2. The molecule has 2 heterocycles. The topological polar surface area (TPSA) is 79.5 Å². The molecule has 0 unspecified atom stereocenters. The number of guanidine groups is 1. The Morgan fingerprint density at radius 3 is 2.48 bits per heavy atom. The van der Waals surface area contributed by atoms with E-state index >= 15 is 0 Å². The van der Waals surface area contributed by atoms with Crippen molar-refractivity contribution in [1.29, 1.82) is 0 Å². The summed E-state index contributed by atoms with van der Waals surface area (Å²) in [6, 6.07) is 8.18. The van der Waals surface area contributed by atoms with Crippen LogP contribution in [0.15, 0.2) is 46.0 Å². The molecule has 1 aliphatic heterocycles. The van der Waals surface area contributed by atoms with Crippen LogP contribution >= 0.6 is 24.0 Å². The van der Waals surface area contributed by atoms with Crippen LogP contribution in [0.25, 0.3) is 0 Å². The van der Waals surface area contributed by atoms with Gasteiger partial charge < -0.3 is 29.0 Å². The third-order valence-corrected chi connectivity index (χ3v) is 4.70. The van der Waals surface area contributed by atoms with E-state index in [9.17, 15) is 13.6 Å². The van der Waals surface area contributed by atoms with Gasteiger partial charge in [0.15, 0.2) is 23.2 Å². The molecule has 31 heavy (non-hydrogen) atoms. The largest absolute Gasteiger partial charge is 0.493 e. The third kappa shape index (κ3) is 6.45. The number of piperazine rings is 1. The second-order valence-electron chi connectivity index (χ2n) is 6.52. The standard InChI is InChI=1S/C20H24F2N4O4.HI/c1-23-20(24-13-14-5-6-15(28-2)17(12-14)30-19(21)22)26-9-7-25(8-10-26)18(27)16-4-3-11-29-16;/h3-6,11-12,19H,7-10,13H2,1-2H3,(H,23,24);1H. The summed E-state index contributed by atoms with van der Waals surface area (Å²) in [4.78, 5) is 20.4. The summed E-state index contributed by atoms with van der Waals surface area (Å²) in [7, 11) is 3.06. The molecule has 170 valence electrons. The number of hydrogen-bond donors (Lipinski definition) is 1. The van der Waals surface area contributed by atoms with Gasteiger partial charge in [-0.3, -0.25) is 9.79 Å². The molecule has 0 spiro atoms. The lowest BCUT2D eigenvalue weighted by Gasteiger charge is -2.36. The molecule has 1 aliphatic rings. The second kappa shape index (κ2) is 11.7. The van der Waals surface area contributed by atoms with E-state index in [1.807, 2.05) is 4.90 Å². The molecule has 1 aromatic carbocycles. The molecule has 0 saturated carbocycles. The normalized spacial score (nSPS) is 14.3. The Hall–Kier alpha value is -2.57. The van der Waals surface area contributed by atoms with Crippen LogP contribution in [0.4, 0.5) is 8.78 Å². The first kappa shape index (κ1) is 24.7. The smallest absolute Gasteiger partial charge is 0.387 e. The number of carbonyl (C=O) groups is 1. The van der Waals surface area contributed by atoms with E-state index in [1.165, 1.54) is 19.4 Å². The van der Waals surface area contributed by atoms with Crippen molar-refractivity contribution >= 4 is 35.8 Å². The molecule has 0 radical (unpaired) electrons. The number of alkyl halides is 2. The van der Waals surface area contributed by atoms with E-state index in [0.717, 1.165) is 5.56 Å². The van der Waals surface area contributed by atoms with E-state index in [-0.39, 0.29) is 41.4 Å². The Labute approximate surface area is 196 Å². The number of ether oxygens (including phenoxy) is 2. The predicted octanol–water partition coefficient (Wildman–Crippen LogP) is 3.04. The minimum atomic E-state index is -2.94. The SMILES string of the molecule is CN=C(NCc1ccc(OC)c(OC(F)F)c1)N1CCN(C(=O)c2ccco2)CC1.I. The molecule has 3 rings (SSSR count). The number of hydrogen-bond acceptors (Lipinski definition) is 5. The van der Waals surface area contributed by atoms with Crippen molar-refractivity contribution in [2.75, 3.05) is 40.3 Å². The number of benzene rings is 1. The van der Waals surface area contributed by atoms with Crippen LogP contribution in [0.5, 0.6) is 11.5 Å². The molecule has 2 aromatic rings. The number of carbonyl (C=O) groups excluding carboxylic acids is 1. The van der Waals surface area contributed by atoms with Crippen molar-refractivity contribution in [1.82, 2.24) is 15.1 Å². The Morgan fingerprint density at radius 1 is 1.19 bits per heavy atom. The highest BCUT2D eigenvalue weighted by Gasteiger charge is 2.25. The first-order valence-corrected chi connectivity index (χ1v) is 9.42.